The van der Waals surface area contributed by atoms with Crippen LogP contribution >= 0.6 is 0 Å². The summed E-state index contributed by atoms with van der Waals surface area (Å²) in [6, 6.07) is 0. The summed E-state index contributed by atoms with van der Waals surface area (Å²) in [5, 5.41) is 6.37. The van der Waals surface area contributed by atoms with Crippen LogP contribution in [0.5, 0.6) is 0 Å². The van der Waals surface area contributed by atoms with Gasteiger partial charge in [0.2, 0.25) is 5.91 Å². The van der Waals surface area contributed by atoms with Gasteiger partial charge in [-0.2, -0.15) is 0 Å². The molecule has 6 heteroatoms. The fourth-order valence-electron chi connectivity index (χ4n) is 1.56. The lowest BCUT2D eigenvalue weighted by molar-refractivity contribution is -0.120. The molecule has 0 radical (unpaired) electrons. The Hall–Kier alpha value is -1.26. The van der Waals surface area contributed by atoms with E-state index in [2.05, 4.69) is 15.3 Å². The zero-order valence-electron chi connectivity index (χ0n) is 12.0. The molecule has 104 valence electrons. The lowest BCUT2D eigenvalue weighted by Crippen LogP contribution is -2.43. The van der Waals surface area contributed by atoms with Gasteiger partial charge in [0, 0.05) is 30.5 Å². The molecule has 6 nitrogen and oxygen atoms in total. The normalized spacial score (nSPS) is 11.8. The van der Waals surface area contributed by atoms with Crippen LogP contribution in [-0.2, 0) is 9.53 Å². The van der Waals surface area contributed by atoms with E-state index in [1.165, 1.54) is 6.92 Å². The van der Waals surface area contributed by atoms with Gasteiger partial charge < -0.3 is 10.1 Å². The Morgan fingerprint density at radius 2 is 1.94 bits per heavy atom. The van der Waals surface area contributed by atoms with E-state index >= 15 is 0 Å². The van der Waals surface area contributed by atoms with Gasteiger partial charge in [0.25, 0.3) is 0 Å². The molecule has 0 saturated heterocycles. The van der Waals surface area contributed by atoms with Gasteiger partial charge in [-0.05, 0) is 46.1 Å². The smallest absolute Gasteiger partial charge is 0.217 e. The number of hydrogen-bond acceptors (Lipinski definition) is 3. The van der Waals surface area contributed by atoms with Crippen LogP contribution in [0.2, 0.25) is 0 Å². The minimum Gasteiger partial charge on any atom is -0.375 e. The highest BCUT2D eigenvalue weighted by atomic mass is 16.5. The average molecular weight is 256 g/mol. The quantitative estimate of drug-likeness (QED) is 0.411. The Morgan fingerprint density at radius 1 is 1.33 bits per heavy atom. The molecule has 0 aromatic carbocycles. The van der Waals surface area contributed by atoms with Crippen molar-refractivity contribution in [2.75, 3.05) is 13.2 Å². The molecule has 0 bridgehead atoms. The largest absolute Gasteiger partial charge is 0.375 e. The number of nitrogens with zero attached hydrogens (tertiary/aromatic N) is 3. The molecule has 0 spiro atoms. The van der Waals surface area contributed by atoms with Crippen molar-refractivity contribution in [2.24, 2.45) is 5.11 Å². The van der Waals surface area contributed by atoms with Crippen LogP contribution in [-0.4, -0.2) is 30.2 Å². The first-order valence-electron chi connectivity index (χ1n) is 6.12. The number of ether oxygens (including phenoxy) is 1. The predicted octanol–water partition coefficient (Wildman–Crippen LogP) is 2.79. The first-order valence-corrected chi connectivity index (χ1v) is 6.12. The summed E-state index contributed by atoms with van der Waals surface area (Å²) < 4.78 is 5.76. The van der Waals surface area contributed by atoms with Gasteiger partial charge in [-0.15, -0.1) is 0 Å². The van der Waals surface area contributed by atoms with Crippen molar-refractivity contribution in [1.82, 2.24) is 5.32 Å². The summed E-state index contributed by atoms with van der Waals surface area (Å²) in [5.74, 6) is -0.0392. The number of nitrogens with one attached hydrogen (secondary N) is 1. The van der Waals surface area contributed by atoms with Gasteiger partial charge in [0.1, 0.15) is 0 Å². The minimum atomic E-state index is -0.319. The fourth-order valence-corrected chi connectivity index (χ4v) is 1.56. The Kier molecular flexibility index (Phi) is 6.73. The van der Waals surface area contributed by atoms with Crippen LogP contribution in [0.4, 0.5) is 0 Å². The summed E-state index contributed by atoms with van der Waals surface area (Å²) in [5.41, 5.74) is 7.62. The van der Waals surface area contributed by atoms with Gasteiger partial charge in [-0.25, -0.2) is 0 Å². The van der Waals surface area contributed by atoms with E-state index in [0.29, 0.717) is 19.6 Å². The first kappa shape index (κ1) is 16.7. The van der Waals surface area contributed by atoms with Crippen molar-refractivity contribution in [3.8, 4) is 0 Å². The molecular formula is C12H24N4O2. The van der Waals surface area contributed by atoms with Crippen LogP contribution in [0.1, 0.15) is 47.5 Å². The molecule has 0 fully saturated rings. The molecule has 0 aromatic rings. The van der Waals surface area contributed by atoms with Crippen LogP contribution in [0, 0.1) is 0 Å². The van der Waals surface area contributed by atoms with Crippen LogP contribution in [0.25, 0.3) is 10.4 Å². The van der Waals surface area contributed by atoms with Crippen molar-refractivity contribution in [3.05, 3.63) is 10.4 Å². The van der Waals surface area contributed by atoms with Gasteiger partial charge >= 0.3 is 0 Å². The highest BCUT2D eigenvalue weighted by Gasteiger charge is 2.22. The first-order chi connectivity index (χ1) is 8.18. The summed E-state index contributed by atoms with van der Waals surface area (Å²) in [6.45, 7) is 10.3. The van der Waals surface area contributed by atoms with E-state index in [9.17, 15) is 4.79 Å². The zero-order chi connectivity index (χ0) is 14.2. The standard InChI is InChI=1S/C12H24N4O2/c1-10(17)15-11(2,3)7-9-18-12(4,5)6-8-14-16-13/h6-9H2,1-5H3,(H,15,17). The molecule has 0 unspecified atom stereocenters. The molecule has 0 heterocycles. The summed E-state index contributed by atoms with van der Waals surface area (Å²) in [6.07, 6.45) is 1.41. The molecule has 0 aliphatic rings. The summed E-state index contributed by atoms with van der Waals surface area (Å²) in [4.78, 5) is 13.7. The van der Waals surface area contributed by atoms with Crippen LogP contribution in [0.15, 0.2) is 5.11 Å². The molecule has 0 aromatic heterocycles. The predicted molar refractivity (Wildman–Crippen MR) is 71.2 cm³/mol. The monoisotopic (exact) mass is 256 g/mol. The van der Waals surface area contributed by atoms with Gasteiger partial charge in [0.15, 0.2) is 0 Å². The third kappa shape index (κ3) is 8.84. The maximum absolute atomic E-state index is 11.0. The lowest BCUT2D eigenvalue weighted by Gasteiger charge is -2.29. The fraction of sp³-hybridized carbons (Fsp3) is 0.917. The second-order valence-electron chi connectivity index (χ2n) is 5.63. The lowest BCUT2D eigenvalue weighted by atomic mass is 10.0. The number of carbonyl (C=O) groups is 1. The second kappa shape index (κ2) is 7.24. The molecular weight excluding hydrogens is 232 g/mol. The third-order valence-corrected chi connectivity index (χ3v) is 2.61. The van der Waals surface area contributed by atoms with E-state index in [4.69, 9.17) is 10.3 Å². The van der Waals surface area contributed by atoms with Crippen molar-refractivity contribution in [1.29, 1.82) is 0 Å². The average Bonchev–Trinajstić information content (AvgIpc) is 2.14. The molecule has 18 heavy (non-hydrogen) atoms. The van der Waals surface area contributed by atoms with E-state index < -0.39 is 0 Å². The van der Waals surface area contributed by atoms with E-state index in [0.717, 1.165) is 6.42 Å². The van der Waals surface area contributed by atoms with Crippen molar-refractivity contribution in [2.45, 2.75) is 58.6 Å². The van der Waals surface area contributed by atoms with Crippen LogP contribution in [0.3, 0.4) is 0 Å². The highest BCUT2D eigenvalue weighted by molar-refractivity contribution is 5.73. The number of rotatable bonds is 8. The van der Waals surface area contributed by atoms with Crippen molar-refractivity contribution >= 4 is 5.91 Å². The molecule has 0 atom stereocenters. The maximum Gasteiger partial charge on any atom is 0.217 e. The SMILES string of the molecule is CC(=O)NC(C)(C)CCOC(C)(C)CCN=[N+]=[N-]. The van der Waals surface area contributed by atoms with Gasteiger partial charge in [0.05, 0.1) is 5.60 Å². The third-order valence-electron chi connectivity index (χ3n) is 2.61. The van der Waals surface area contributed by atoms with Gasteiger partial charge in [-0.3, -0.25) is 4.79 Å². The van der Waals surface area contributed by atoms with Crippen LogP contribution < -0.4 is 5.32 Å². The second-order valence-corrected chi connectivity index (χ2v) is 5.63. The molecule has 0 aliphatic carbocycles. The van der Waals surface area contributed by atoms with Crippen molar-refractivity contribution < 1.29 is 9.53 Å². The minimum absolute atomic E-state index is 0.0392. The molecule has 0 saturated carbocycles. The van der Waals surface area contributed by atoms with Gasteiger partial charge in [-0.1, -0.05) is 5.11 Å². The topological polar surface area (TPSA) is 87.1 Å². The Morgan fingerprint density at radius 3 is 2.44 bits per heavy atom. The highest BCUT2D eigenvalue weighted by Crippen LogP contribution is 2.17. The maximum atomic E-state index is 11.0. The van der Waals surface area contributed by atoms with E-state index in [-0.39, 0.29) is 17.0 Å². The Bertz CT molecular complexity index is 320. The van der Waals surface area contributed by atoms with Crippen molar-refractivity contribution in [3.63, 3.8) is 0 Å². The molecule has 1 N–H and O–H groups in total. The van der Waals surface area contributed by atoms with E-state index in [1.807, 2.05) is 27.7 Å². The number of carbonyl (C=O) groups excluding carboxylic acids is 1. The zero-order valence-corrected chi connectivity index (χ0v) is 12.0. The summed E-state index contributed by atoms with van der Waals surface area (Å²) >= 11 is 0. The number of amides is 1. The molecule has 0 rings (SSSR count). The Labute approximate surface area is 109 Å². The Balaban J connectivity index is 4.01. The summed E-state index contributed by atoms with van der Waals surface area (Å²) in [7, 11) is 0. The molecule has 1 amide bonds. The van der Waals surface area contributed by atoms with E-state index in [1.54, 1.807) is 0 Å². The number of hydrogen-bond donors (Lipinski definition) is 1. The molecule has 0 aliphatic heterocycles. The number of azide groups is 1.